The van der Waals surface area contributed by atoms with Gasteiger partial charge < -0.3 is 5.32 Å². The summed E-state index contributed by atoms with van der Waals surface area (Å²) >= 11 is 0. The fourth-order valence-electron chi connectivity index (χ4n) is 2.16. The maximum atomic E-state index is 12.0. The molecular formula is C15H18N4O3. The van der Waals surface area contributed by atoms with Crippen molar-refractivity contribution in [3.05, 3.63) is 58.4 Å². The van der Waals surface area contributed by atoms with E-state index in [1.807, 2.05) is 37.3 Å². The lowest BCUT2D eigenvalue weighted by Crippen LogP contribution is -2.28. The minimum absolute atomic E-state index is 0.0272. The molecule has 0 aliphatic carbocycles. The number of nitrogens with zero attached hydrogens (tertiary/aromatic N) is 3. The monoisotopic (exact) mass is 302 g/mol. The van der Waals surface area contributed by atoms with E-state index in [-0.39, 0.29) is 24.1 Å². The average molecular weight is 302 g/mol. The van der Waals surface area contributed by atoms with Gasteiger partial charge in [-0.3, -0.25) is 19.6 Å². The van der Waals surface area contributed by atoms with Crippen molar-refractivity contribution in [2.75, 3.05) is 0 Å². The van der Waals surface area contributed by atoms with Crippen LogP contribution >= 0.6 is 0 Å². The lowest BCUT2D eigenvalue weighted by atomic mass is 10.0. The number of hydrogen-bond acceptors (Lipinski definition) is 4. The Hall–Kier alpha value is -2.70. The van der Waals surface area contributed by atoms with Crippen molar-refractivity contribution in [3.63, 3.8) is 0 Å². The summed E-state index contributed by atoms with van der Waals surface area (Å²) in [6, 6.07) is 9.74. The molecule has 1 atom stereocenters. The van der Waals surface area contributed by atoms with Crippen molar-refractivity contribution in [3.8, 4) is 0 Å². The van der Waals surface area contributed by atoms with Crippen molar-refractivity contribution in [1.29, 1.82) is 0 Å². The highest BCUT2D eigenvalue weighted by molar-refractivity contribution is 5.76. The number of benzene rings is 1. The second-order valence-corrected chi connectivity index (χ2v) is 4.91. The second kappa shape index (κ2) is 7.35. The van der Waals surface area contributed by atoms with Gasteiger partial charge in [0.05, 0.1) is 11.0 Å². The molecule has 0 radical (unpaired) electrons. The number of hydrogen-bond donors (Lipinski definition) is 1. The maximum Gasteiger partial charge on any atom is 0.306 e. The van der Waals surface area contributed by atoms with Crippen molar-refractivity contribution in [2.45, 2.75) is 32.4 Å². The topological polar surface area (TPSA) is 90.1 Å². The van der Waals surface area contributed by atoms with Gasteiger partial charge >= 0.3 is 5.69 Å². The normalized spacial score (nSPS) is 11.9. The molecule has 0 fully saturated rings. The summed E-state index contributed by atoms with van der Waals surface area (Å²) in [4.78, 5) is 22.1. The molecule has 1 unspecified atom stereocenters. The van der Waals surface area contributed by atoms with E-state index in [2.05, 4.69) is 10.4 Å². The van der Waals surface area contributed by atoms with Crippen molar-refractivity contribution in [2.24, 2.45) is 0 Å². The highest BCUT2D eigenvalue weighted by Crippen LogP contribution is 2.16. The Kier molecular flexibility index (Phi) is 5.24. The number of aryl methyl sites for hydroxylation is 1. The number of carbonyl (C=O) groups excluding carboxylic acids is 1. The van der Waals surface area contributed by atoms with Crippen LogP contribution in [0.15, 0.2) is 42.7 Å². The van der Waals surface area contributed by atoms with Gasteiger partial charge in [0.15, 0.2) is 0 Å². The molecule has 0 saturated heterocycles. The van der Waals surface area contributed by atoms with E-state index in [1.165, 1.54) is 17.1 Å². The molecule has 1 heterocycles. The maximum absolute atomic E-state index is 12.0. The lowest BCUT2D eigenvalue weighted by Gasteiger charge is -2.17. The molecule has 1 amide bonds. The SMILES string of the molecule is CCC(NC(=O)CCn1cc([N+](=O)[O-])cn1)c1ccccc1. The van der Waals surface area contributed by atoms with Crippen LogP contribution in [0.2, 0.25) is 0 Å². The number of nitro groups is 1. The molecule has 0 bridgehead atoms. The van der Waals surface area contributed by atoms with Gasteiger partial charge in [-0.1, -0.05) is 37.3 Å². The summed E-state index contributed by atoms with van der Waals surface area (Å²) in [6.07, 6.45) is 3.52. The number of carbonyl (C=O) groups is 1. The molecule has 2 aromatic rings. The van der Waals surface area contributed by atoms with Gasteiger partial charge in [0.1, 0.15) is 12.4 Å². The van der Waals surface area contributed by atoms with Gasteiger partial charge in [0, 0.05) is 13.0 Å². The molecule has 1 aromatic carbocycles. The molecule has 7 nitrogen and oxygen atoms in total. The molecular weight excluding hydrogens is 284 g/mol. The molecule has 0 spiro atoms. The third kappa shape index (κ3) is 4.15. The Morgan fingerprint density at radius 1 is 1.41 bits per heavy atom. The van der Waals surface area contributed by atoms with Crippen LogP contribution in [0.1, 0.15) is 31.4 Å². The van der Waals surface area contributed by atoms with E-state index in [4.69, 9.17) is 0 Å². The average Bonchev–Trinajstić information content (AvgIpc) is 3.01. The largest absolute Gasteiger partial charge is 0.349 e. The van der Waals surface area contributed by atoms with Gasteiger partial charge in [0.2, 0.25) is 5.91 Å². The quantitative estimate of drug-likeness (QED) is 0.628. The summed E-state index contributed by atoms with van der Waals surface area (Å²) in [5, 5.41) is 17.4. The zero-order valence-electron chi connectivity index (χ0n) is 12.3. The van der Waals surface area contributed by atoms with Crippen LogP contribution in [0.3, 0.4) is 0 Å². The standard InChI is InChI=1S/C15H18N4O3/c1-2-14(12-6-4-3-5-7-12)17-15(20)8-9-18-11-13(10-16-18)19(21)22/h3-7,10-11,14H,2,8-9H2,1H3,(H,17,20). The fraction of sp³-hybridized carbons (Fsp3) is 0.333. The first-order valence-electron chi connectivity index (χ1n) is 7.11. The smallest absolute Gasteiger partial charge is 0.306 e. The van der Waals surface area contributed by atoms with Crippen LogP contribution in [0.4, 0.5) is 5.69 Å². The molecule has 7 heteroatoms. The Labute approximate surface area is 128 Å². The number of amides is 1. The predicted octanol–water partition coefficient (Wildman–Crippen LogP) is 2.45. The van der Waals surface area contributed by atoms with Crippen LogP contribution in [0.5, 0.6) is 0 Å². The van der Waals surface area contributed by atoms with E-state index in [1.54, 1.807) is 0 Å². The number of rotatable bonds is 7. The van der Waals surface area contributed by atoms with Crippen LogP contribution < -0.4 is 5.32 Å². The van der Waals surface area contributed by atoms with E-state index >= 15 is 0 Å². The Bertz CT molecular complexity index is 639. The van der Waals surface area contributed by atoms with Crippen molar-refractivity contribution in [1.82, 2.24) is 15.1 Å². The molecule has 22 heavy (non-hydrogen) atoms. The fourth-order valence-corrected chi connectivity index (χ4v) is 2.16. The molecule has 0 aliphatic rings. The first-order valence-corrected chi connectivity index (χ1v) is 7.11. The Balaban J connectivity index is 1.87. The van der Waals surface area contributed by atoms with Gasteiger partial charge in [-0.2, -0.15) is 5.10 Å². The Morgan fingerprint density at radius 2 is 2.14 bits per heavy atom. The summed E-state index contributed by atoms with van der Waals surface area (Å²) in [6.45, 7) is 2.32. The molecule has 2 rings (SSSR count). The van der Waals surface area contributed by atoms with Gasteiger partial charge in [-0.15, -0.1) is 0 Å². The molecule has 1 N–H and O–H groups in total. The minimum Gasteiger partial charge on any atom is -0.349 e. The zero-order chi connectivity index (χ0) is 15.9. The third-order valence-corrected chi connectivity index (χ3v) is 3.34. The summed E-state index contributed by atoms with van der Waals surface area (Å²) in [5.74, 6) is -0.103. The Morgan fingerprint density at radius 3 is 2.73 bits per heavy atom. The van der Waals surface area contributed by atoms with Gasteiger partial charge in [-0.25, -0.2) is 0 Å². The second-order valence-electron chi connectivity index (χ2n) is 4.91. The predicted molar refractivity (Wildman–Crippen MR) is 81.1 cm³/mol. The molecule has 1 aromatic heterocycles. The van der Waals surface area contributed by atoms with Crippen LogP contribution in [-0.2, 0) is 11.3 Å². The van der Waals surface area contributed by atoms with E-state index in [9.17, 15) is 14.9 Å². The van der Waals surface area contributed by atoms with Crippen LogP contribution in [-0.4, -0.2) is 20.6 Å². The lowest BCUT2D eigenvalue weighted by molar-refractivity contribution is -0.385. The molecule has 0 aliphatic heterocycles. The van der Waals surface area contributed by atoms with Crippen molar-refractivity contribution >= 4 is 11.6 Å². The summed E-state index contributed by atoms with van der Waals surface area (Å²) in [5.41, 5.74) is 0.990. The first kappa shape index (κ1) is 15.7. The van der Waals surface area contributed by atoms with Crippen LogP contribution in [0, 0.1) is 10.1 Å². The van der Waals surface area contributed by atoms with Gasteiger partial charge in [0.25, 0.3) is 0 Å². The summed E-state index contributed by atoms with van der Waals surface area (Å²) < 4.78 is 1.40. The minimum atomic E-state index is -0.508. The van der Waals surface area contributed by atoms with E-state index in [0.717, 1.165) is 12.0 Å². The van der Waals surface area contributed by atoms with E-state index in [0.29, 0.717) is 6.54 Å². The summed E-state index contributed by atoms with van der Waals surface area (Å²) in [7, 11) is 0. The van der Waals surface area contributed by atoms with Gasteiger partial charge in [-0.05, 0) is 12.0 Å². The molecule has 116 valence electrons. The van der Waals surface area contributed by atoms with Crippen molar-refractivity contribution < 1.29 is 9.72 Å². The number of aromatic nitrogens is 2. The number of nitrogens with one attached hydrogen (secondary N) is 1. The zero-order valence-corrected chi connectivity index (χ0v) is 12.3. The highest BCUT2D eigenvalue weighted by atomic mass is 16.6. The van der Waals surface area contributed by atoms with E-state index < -0.39 is 4.92 Å². The van der Waals surface area contributed by atoms with Crippen LogP contribution in [0.25, 0.3) is 0 Å². The highest BCUT2D eigenvalue weighted by Gasteiger charge is 2.13. The third-order valence-electron chi connectivity index (χ3n) is 3.34. The molecule has 0 saturated carbocycles. The first-order chi connectivity index (χ1) is 10.6.